The number of aliphatic carboxylic acids is 1. The van der Waals surface area contributed by atoms with E-state index in [1.165, 1.54) is 36.3 Å². The minimum absolute atomic E-state index is 0.0501. The topological polar surface area (TPSA) is 78.4 Å². The van der Waals surface area contributed by atoms with Gasteiger partial charge in [0.15, 0.2) is 0 Å². The molecule has 0 bridgehead atoms. The van der Waals surface area contributed by atoms with Crippen molar-refractivity contribution in [1.82, 2.24) is 10.6 Å². The third kappa shape index (κ3) is 8.47. The van der Waals surface area contributed by atoms with Gasteiger partial charge in [-0.3, -0.25) is 4.79 Å². The number of halogens is 3. The summed E-state index contributed by atoms with van der Waals surface area (Å²) in [6, 6.07) is 8.71. The number of benzene rings is 1. The summed E-state index contributed by atoms with van der Waals surface area (Å²) in [7, 11) is 0. The van der Waals surface area contributed by atoms with Crippen molar-refractivity contribution in [3.05, 3.63) is 35.4 Å². The Kier molecular flexibility index (Phi) is 9.64. The van der Waals surface area contributed by atoms with Crippen molar-refractivity contribution in [3.8, 4) is 0 Å². The third-order valence-corrected chi connectivity index (χ3v) is 7.60. The Morgan fingerprint density at radius 2 is 1.76 bits per heavy atom. The smallest absolute Gasteiger partial charge is 0.475 e. The van der Waals surface area contributed by atoms with Crippen LogP contribution in [-0.4, -0.2) is 53.8 Å². The van der Waals surface area contributed by atoms with Gasteiger partial charge in [-0.1, -0.05) is 18.6 Å². The first kappa shape index (κ1) is 23.9. The predicted octanol–water partition coefficient (Wildman–Crippen LogP) is 4.06. The first-order chi connectivity index (χ1) is 13.8. The summed E-state index contributed by atoms with van der Waals surface area (Å²) in [6.45, 7) is 1.88. The van der Waals surface area contributed by atoms with Crippen LogP contribution in [0.5, 0.6) is 0 Å². The molecule has 10 heteroatoms. The molecule has 0 aliphatic carbocycles. The molecule has 2 saturated heterocycles. The second-order valence-electron chi connectivity index (χ2n) is 6.69. The van der Waals surface area contributed by atoms with E-state index in [4.69, 9.17) is 9.90 Å². The standard InChI is InChI=1S/C17H24N2OS2.C2HF3O2/c20-16(19-10-8-15-3-1-2-9-18-15)13-4-6-14(7-5-13)17-21-11-12-22-17;3-2(4,5)1(6)7/h4-7,15,17-18H,1-3,8-12H2,(H,19,20);(H,6,7). The largest absolute Gasteiger partial charge is 0.490 e. The summed E-state index contributed by atoms with van der Waals surface area (Å²) in [5.41, 5.74) is 2.10. The number of piperidine rings is 1. The van der Waals surface area contributed by atoms with Gasteiger partial charge in [0, 0.05) is 29.7 Å². The first-order valence-corrected chi connectivity index (χ1v) is 11.5. The number of carbonyl (C=O) groups excluding carboxylic acids is 1. The van der Waals surface area contributed by atoms with Crippen molar-refractivity contribution in [1.29, 1.82) is 0 Å². The second-order valence-corrected chi connectivity index (χ2v) is 9.41. The molecule has 2 aliphatic rings. The van der Waals surface area contributed by atoms with Crippen LogP contribution in [0.3, 0.4) is 0 Å². The van der Waals surface area contributed by atoms with Crippen LogP contribution >= 0.6 is 23.5 Å². The Balaban J connectivity index is 0.000000370. The van der Waals surface area contributed by atoms with Crippen molar-refractivity contribution >= 4 is 35.4 Å². The summed E-state index contributed by atoms with van der Waals surface area (Å²) in [5, 5.41) is 13.7. The number of thioether (sulfide) groups is 2. The van der Waals surface area contributed by atoms with E-state index in [9.17, 15) is 18.0 Å². The Labute approximate surface area is 176 Å². The average molecular weight is 451 g/mol. The van der Waals surface area contributed by atoms with Gasteiger partial charge in [-0.2, -0.15) is 13.2 Å². The molecule has 1 aromatic rings. The summed E-state index contributed by atoms with van der Waals surface area (Å²) in [4.78, 5) is 21.1. The summed E-state index contributed by atoms with van der Waals surface area (Å²) in [5.74, 6) is -0.249. The lowest BCUT2D eigenvalue weighted by molar-refractivity contribution is -0.192. The Morgan fingerprint density at radius 1 is 1.14 bits per heavy atom. The fourth-order valence-corrected chi connectivity index (χ4v) is 5.83. The van der Waals surface area contributed by atoms with Gasteiger partial charge in [-0.05, 0) is 43.5 Å². The number of hydrogen-bond acceptors (Lipinski definition) is 5. The lowest BCUT2D eigenvalue weighted by Crippen LogP contribution is -2.37. The molecular weight excluding hydrogens is 425 g/mol. The first-order valence-electron chi connectivity index (χ1n) is 9.42. The van der Waals surface area contributed by atoms with Crippen molar-refractivity contribution in [3.63, 3.8) is 0 Å². The number of carboxylic acid groups (broad SMARTS) is 1. The highest BCUT2D eigenvalue weighted by Gasteiger charge is 2.38. The van der Waals surface area contributed by atoms with E-state index in [1.807, 2.05) is 35.7 Å². The number of hydrogen-bond donors (Lipinski definition) is 3. The minimum Gasteiger partial charge on any atom is -0.475 e. The molecule has 0 spiro atoms. The van der Waals surface area contributed by atoms with Gasteiger partial charge in [-0.15, -0.1) is 23.5 Å². The van der Waals surface area contributed by atoms with Crippen LogP contribution in [0.15, 0.2) is 24.3 Å². The maximum atomic E-state index is 12.2. The minimum atomic E-state index is -5.08. The highest BCUT2D eigenvalue weighted by Crippen LogP contribution is 2.45. The van der Waals surface area contributed by atoms with Gasteiger partial charge in [0.25, 0.3) is 5.91 Å². The summed E-state index contributed by atoms with van der Waals surface area (Å²) >= 11 is 3.99. The Hall–Kier alpha value is -1.39. The fourth-order valence-electron chi connectivity index (χ4n) is 2.97. The lowest BCUT2D eigenvalue weighted by Gasteiger charge is -2.23. The molecule has 29 heavy (non-hydrogen) atoms. The molecule has 2 fully saturated rings. The van der Waals surface area contributed by atoms with Gasteiger partial charge in [0.05, 0.1) is 4.58 Å². The van der Waals surface area contributed by atoms with Crippen molar-refractivity contribution in [2.45, 2.75) is 42.5 Å². The van der Waals surface area contributed by atoms with E-state index in [1.54, 1.807) is 0 Å². The SMILES string of the molecule is O=C(NCCC1CCCCN1)c1ccc(C2SCCS2)cc1.O=C(O)C(F)(F)F. The van der Waals surface area contributed by atoms with E-state index < -0.39 is 12.1 Å². The molecule has 1 unspecified atom stereocenters. The molecule has 2 aliphatic heterocycles. The second kappa shape index (κ2) is 11.7. The van der Waals surface area contributed by atoms with Gasteiger partial charge in [-0.25, -0.2) is 4.79 Å². The molecule has 0 radical (unpaired) electrons. The zero-order chi connectivity index (χ0) is 21.3. The van der Waals surface area contributed by atoms with E-state index in [-0.39, 0.29) is 5.91 Å². The monoisotopic (exact) mass is 450 g/mol. The van der Waals surface area contributed by atoms with Crippen LogP contribution in [0.4, 0.5) is 13.2 Å². The zero-order valence-corrected chi connectivity index (χ0v) is 17.5. The fraction of sp³-hybridized carbons (Fsp3) is 0.579. The number of alkyl halides is 3. The van der Waals surface area contributed by atoms with Crippen LogP contribution in [-0.2, 0) is 4.79 Å². The van der Waals surface area contributed by atoms with Crippen LogP contribution in [0, 0.1) is 0 Å². The quantitative estimate of drug-likeness (QED) is 0.628. The van der Waals surface area contributed by atoms with Crippen LogP contribution in [0.1, 0.15) is 46.2 Å². The van der Waals surface area contributed by atoms with E-state index in [0.717, 1.165) is 25.1 Å². The molecule has 0 aromatic heterocycles. The number of nitrogens with one attached hydrogen (secondary N) is 2. The van der Waals surface area contributed by atoms with Crippen molar-refractivity contribution < 1.29 is 27.9 Å². The molecule has 162 valence electrons. The molecule has 3 rings (SSSR count). The molecular formula is C19H25F3N2O3S2. The molecule has 1 amide bonds. The maximum absolute atomic E-state index is 12.2. The number of carbonyl (C=O) groups is 2. The van der Waals surface area contributed by atoms with Gasteiger partial charge < -0.3 is 15.7 Å². The van der Waals surface area contributed by atoms with Gasteiger partial charge in [0.2, 0.25) is 0 Å². The summed E-state index contributed by atoms with van der Waals surface area (Å²) < 4.78 is 32.3. The Bertz CT molecular complexity index is 660. The predicted molar refractivity (Wildman–Crippen MR) is 110 cm³/mol. The number of carboxylic acids is 1. The molecule has 1 aromatic carbocycles. The van der Waals surface area contributed by atoms with Gasteiger partial charge >= 0.3 is 12.1 Å². The highest BCUT2D eigenvalue weighted by atomic mass is 32.2. The average Bonchev–Trinajstić information content (AvgIpc) is 3.23. The number of amides is 1. The van der Waals surface area contributed by atoms with Crippen LogP contribution in [0.25, 0.3) is 0 Å². The zero-order valence-electron chi connectivity index (χ0n) is 15.8. The van der Waals surface area contributed by atoms with Gasteiger partial charge in [0.1, 0.15) is 0 Å². The van der Waals surface area contributed by atoms with Crippen LogP contribution in [0.2, 0.25) is 0 Å². The lowest BCUT2D eigenvalue weighted by atomic mass is 10.0. The molecule has 1 atom stereocenters. The Morgan fingerprint density at radius 3 is 2.28 bits per heavy atom. The van der Waals surface area contributed by atoms with E-state index >= 15 is 0 Å². The highest BCUT2D eigenvalue weighted by molar-refractivity contribution is 8.19. The summed E-state index contributed by atoms with van der Waals surface area (Å²) in [6.07, 6.45) is -0.225. The van der Waals surface area contributed by atoms with Crippen molar-refractivity contribution in [2.24, 2.45) is 0 Å². The molecule has 0 saturated carbocycles. The molecule has 2 heterocycles. The maximum Gasteiger partial charge on any atom is 0.490 e. The van der Waals surface area contributed by atoms with Crippen molar-refractivity contribution in [2.75, 3.05) is 24.6 Å². The van der Waals surface area contributed by atoms with E-state index in [2.05, 4.69) is 22.8 Å². The number of rotatable bonds is 5. The normalized spacial score (nSPS) is 19.9. The molecule has 3 N–H and O–H groups in total. The van der Waals surface area contributed by atoms with Crippen LogP contribution < -0.4 is 10.6 Å². The molecule has 5 nitrogen and oxygen atoms in total. The van der Waals surface area contributed by atoms with E-state index in [0.29, 0.717) is 10.6 Å². The third-order valence-electron chi connectivity index (χ3n) is 4.50.